The summed E-state index contributed by atoms with van der Waals surface area (Å²) in [6.45, 7) is 0. The molecule has 0 saturated carbocycles. The predicted molar refractivity (Wildman–Crippen MR) is 50.5 cm³/mol. The Morgan fingerprint density at radius 2 is 1.85 bits per heavy atom. The molecular formula is C9H9N3O. The molecule has 0 aliphatic carbocycles. The van der Waals surface area contributed by atoms with Crippen molar-refractivity contribution >= 4 is 16.6 Å². The molecule has 0 radical (unpaired) electrons. The second-order valence-electron chi connectivity index (χ2n) is 2.64. The molecule has 0 fully saturated rings. The van der Waals surface area contributed by atoms with Gasteiger partial charge in [-0.15, -0.1) is 10.2 Å². The van der Waals surface area contributed by atoms with Gasteiger partial charge in [-0.05, 0) is 6.07 Å². The summed E-state index contributed by atoms with van der Waals surface area (Å²) in [6.07, 6.45) is 0. The zero-order chi connectivity index (χ0) is 9.26. The molecule has 0 atom stereocenters. The van der Waals surface area contributed by atoms with Crippen molar-refractivity contribution in [1.82, 2.24) is 10.2 Å². The number of benzene rings is 1. The van der Waals surface area contributed by atoms with E-state index in [0.29, 0.717) is 11.7 Å². The van der Waals surface area contributed by atoms with Crippen LogP contribution < -0.4 is 10.5 Å². The fraction of sp³-hybridized carbons (Fsp3) is 0.111. The summed E-state index contributed by atoms with van der Waals surface area (Å²) in [4.78, 5) is 0. The summed E-state index contributed by atoms with van der Waals surface area (Å²) < 4.78 is 5.05. The molecule has 4 heteroatoms. The van der Waals surface area contributed by atoms with E-state index < -0.39 is 0 Å². The molecule has 0 spiro atoms. The lowest BCUT2D eigenvalue weighted by atomic mass is 10.2. The number of anilines is 1. The van der Waals surface area contributed by atoms with Crippen LogP contribution in [-0.4, -0.2) is 17.3 Å². The van der Waals surface area contributed by atoms with Crippen LogP contribution in [0.25, 0.3) is 10.8 Å². The van der Waals surface area contributed by atoms with E-state index in [-0.39, 0.29) is 0 Å². The number of nitrogens with two attached hydrogens (primary N) is 1. The van der Waals surface area contributed by atoms with Crippen LogP contribution in [0.1, 0.15) is 0 Å². The van der Waals surface area contributed by atoms with Crippen LogP contribution in [0.2, 0.25) is 0 Å². The lowest BCUT2D eigenvalue weighted by Gasteiger charge is -2.03. The molecule has 1 aromatic heterocycles. The molecular weight excluding hydrogens is 166 g/mol. The maximum absolute atomic E-state index is 5.65. The van der Waals surface area contributed by atoms with E-state index in [9.17, 15) is 0 Å². The standard InChI is InChI=1S/C9H9N3O/c1-13-9-7-5-3-2-4-6(7)8(10)11-12-9/h2-5H,1H3,(H2,10,11). The van der Waals surface area contributed by atoms with Crippen LogP contribution in [0, 0.1) is 0 Å². The molecule has 0 unspecified atom stereocenters. The third-order valence-electron chi connectivity index (χ3n) is 1.88. The second-order valence-corrected chi connectivity index (χ2v) is 2.64. The Hall–Kier alpha value is -1.84. The molecule has 2 N–H and O–H groups in total. The van der Waals surface area contributed by atoms with Gasteiger partial charge in [0, 0.05) is 10.8 Å². The van der Waals surface area contributed by atoms with Gasteiger partial charge < -0.3 is 10.5 Å². The first-order chi connectivity index (χ1) is 6.33. The summed E-state index contributed by atoms with van der Waals surface area (Å²) >= 11 is 0. The zero-order valence-corrected chi connectivity index (χ0v) is 7.19. The molecule has 0 bridgehead atoms. The average Bonchev–Trinajstić information content (AvgIpc) is 2.19. The summed E-state index contributed by atoms with van der Waals surface area (Å²) in [5.41, 5.74) is 5.65. The minimum Gasteiger partial charge on any atom is -0.479 e. The maximum Gasteiger partial charge on any atom is 0.241 e. The number of hydrogen-bond donors (Lipinski definition) is 1. The van der Waals surface area contributed by atoms with Gasteiger partial charge in [-0.3, -0.25) is 0 Å². The van der Waals surface area contributed by atoms with Gasteiger partial charge in [0.1, 0.15) is 0 Å². The second kappa shape index (κ2) is 2.90. The number of aromatic nitrogens is 2. The van der Waals surface area contributed by atoms with E-state index in [1.54, 1.807) is 7.11 Å². The third kappa shape index (κ3) is 1.16. The van der Waals surface area contributed by atoms with Crippen LogP contribution in [0.3, 0.4) is 0 Å². The highest BCUT2D eigenvalue weighted by Crippen LogP contribution is 2.24. The highest BCUT2D eigenvalue weighted by atomic mass is 16.5. The normalized spacial score (nSPS) is 10.2. The van der Waals surface area contributed by atoms with Crippen LogP contribution in [0.4, 0.5) is 5.82 Å². The first-order valence-electron chi connectivity index (χ1n) is 3.88. The fourth-order valence-corrected chi connectivity index (χ4v) is 1.25. The van der Waals surface area contributed by atoms with Gasteiger partial charge in [0.05, 0.1) is 7.11 Å². The third-order valence-corrected chi connectivity index (χ3v) is 1.88. The molecule has 2 rings (SSSR count). The molecule has 1 aromatic carbocycles. The lowest BCUT2D eigenvalue weighted by molar-refractivity contribution is 0.398. The SMILES string of the molecule is COc1nnc(N)c2ccccc12. The van der Waals surface area contributed by atoms with Gasteiger partial charge in [0.15, 0.2) is 5.82 Å². The van der Waals surface area contributed by atoms with Gasteiger partial charge in [-0.2, -0.15) is 0 Å². The van der Waals surface area contributed by atoms with Crippen molar-refractivity contribution in [3.05, 3.63) is 24.3 Å². The number of methoxy groups -OCH3 is 1. The Balaban J connectivity index is 2.84. The number of nitrogen functional groups attached to an aromatic ring is 1. The molecule has 2 aromatic rings. The molecule has 13 heavy (non-hydrogen) atoms. The van der Waals surface area contributed by atoms with E-state index >= 15 is 0 Å². The highest BCUT2D eigenvalue weighted by molar-refractivity contribution is 5.93. The predicted octanol–water partition coefficient (Wildman–Crippen LogP) is 1.22. The van der Waals surface area contributed by atoms with E-state index in [2.05, 4.69) is 10.2 Å². The molecule has 66 valence electrons. The minimum absolute atomic E-state index is 0.427. The van der Waals surface area contributed by atoms with Gasteiger partial charge in [-0.1, -0.05) is 18.2 Å². The number of ether oxygens (including phenoxy) is 1. The van der Waals surface area contributed by atoms with E-state index in [1.807, 2.05) is 24.3 Å². The Morgan fingerprint density at radius 1 is 1.15 bits per heavy atom. The largest absolute Gasteiger partial charge is 0.479 e. The molecule has 0 aliphatic heterocycles. The molecule has 4 nitrogen and oxygen atoms in total. The van der Waals surface area contributed by atoms with Crippen molar-refractivity contribution in [2.75, 3.05) is 12.8 Å². The van der Waals surface area contributed by atoms with E-state index in [4.69, 9.17) is 10.5 Å². The smallest absolute Gasteiger partial charge is 0.241 e. The number of rotatable bonds is 1. The van der Waals surface area contributed by atoms with Crippen LogP contribution >= 0.6 is 0 Å². The summed E-state index contributed by atoms with van der Waals surface area (Å²) in [5, 5.41) is 9.36. The van der Waals surface area contributed by atoms with Crippen LogP contribution in [0.5, 0.6) is 5.88 Å². The maximum atomic E-state index is 5.65. The van der Waals surface area contributed by atoms with Crippen molar-refractivity contribution in [1.29, 1.82) is 0 Å². The first-order valence-corrected chi connectivity index (χ1v) is 3.88. The Morgan fingerprint density at radius 3 is 2.54 bits per heavy atom. The summed E-state index contributed by atoms with van der Waals surface area (Å²) in [5.74, 6) is 0.932. The topological polar surface area (TPSA) is 61.0 Å². The molecule has 0 aliphatic rings. The van der Waals surface area contributed by atoms with E-state index in [1.165, 1.54) is 0 Å². The Kier molecular flexibility index (Phi) is 1.73. The quantitative estimate of drug-likeness (QED) is 0.707. The van der Waals surface area contributed by atoms with Gasteiger partial charge in [-0.25, -0.2) is 0 Å². The Bertz CT molecular complexity index is 442. The van der Waals surface area contributed by atoms with Crippen LogP contribution in [-0.2, 0) is 0 Å². The van der Waals surface area contributed by atoms with E-state index in [0.717, 1.165) is 10.8 Å². The Labute approximate surface area is 75.3 Å². The van der Waals surface area contributed by atoms with Gasteiger partial charge in [0.2, 0.25) is 5.88 Å². The van der Waals surface area contributed by atoms with Gasteiger partial charge >= 0.3 is 0 Å². The van der Waals surface area contributed by atoms with Crippen molar-refractivity contribution in [3.63, 3.8) is 0 Å². The molecule has 0 saturated heterocycles. The summed E-state index contributed by atoms with van der Waals surface area (Å²) in [6, 6.07) is 7.60. The van der Waals surface area contributed by atoms with Gasteiger partial charge in [0.25, 0.3) is 0 Å². The highest BCUT2D eigenvalue weighted by Gasteiger charge is 2.05. The van der Waals surface area contributed by atoms with Crippen molar-refractivity contribution in [2.45, 2.75) is 0 Å². The average molecular weight is 175 g/mol. The summed E-state index contributed by atoms with van der Waals surface area (Å²) in [7, 11) is 1.56. The fourth-order valence-electron chi connectivity index (χ4n) is 1.25. The van der Waals surface area contributed by atoms with Crippen LogP contribution in [0.15, 0.2) is 24.3 Å². The molecule has 1 heterocycles. The molecule has 0 amide bonds. The number of nitrogens with zero attached hydrogens (tertiary/aromatic N) is 2. The first kappa shape index (κ1) is 7.79. The zero-order valence-electron chi connectivity index (χ0n) is 7.19. The van der Waals surface area contributed by atoms with Crippen molar-refractivity contribution in [3.8, 4) is 5.88 Å². The number of fused-ring (bicyclic) bond motifs is 1. The monoisotopic (exact) mass is 175 g/mol. The van der Waals surface area contributed by atoms with Crippen molar-refractivity contribution in [2.24, 2.45) is 0 Å². The van der Waals surface area contributed by atoms with Crippen molar-refractivity contribution < 1.29 is 4.74 Å². The minimum atomic E-state index is 0.427. The lowest BCUT2D eigenvalue weighted by Crippen LogP contribution is -1.97. The number of hydrogen-bond acceptors (Lipinski definition) is 4.